The van der Waals surface area contributed by atoms with Crippen molar-refractivity contribution in [2.75, 3.05) is 10.2 Å². The average Bonchev–Trinajstić information content (AvgIpc) is 3.49. The van der Waals surface area contributed by atoms with E-state index in [2.05, 4.69) is 15.4 Å². The number of pyridine rings is 1. The average molecular weight is 415 g/mol. The Morgan fingerprint density at radius 3 is 2.71 bits per heavy atom. The Hall–Kier alpha value is -3.75. The van der Waals surface area contributed by atoms with Crippen LogP contribution in [0.5, 0.6) is 0 Å². The van der Waals surface area contributed by atoms with Crippen LogP contribution in [0.25, 0.3) is 5.69 Å². The molecule has 7 nitrogen and oxygen atoms in total. The molecule has 1 saturated heterocycles. The molecule has 0 aliphatic carbocycles. The summed E-state index contributed by atoms with van der Waals surface area (Å²) in [5.41, 5.74) is 4.38. The van der Waals surface area contributed by atoms with Crippen LogP contribution in [0.1, 0.15) is 16.8 Å². The van der Waals surface area contributed by atoms with Gasteiger partial charge >= 0.3 is 5.91 Å². The summed E-state index contributed by atoms with van der Waals surface area (Å²) in [5.74, 6) is -1.06. The molecule has 2 aromatic carbocycles. The number of aryl methyl sites for hydroxylation is 1. The fourth-order valence-corrected chi connectivity index (χ4v) is 3.97. The highest BCUT2D eigenvalue weighted by atomic mass is 19.1. The molecule has 154 valence electrons. The van der Waals surface area contributed by atoms with Crippen LogP contribution in [0.4, 0.5) is 21.6 Å². The van der Waals surface area contributed by atoms with Gasteiger partial charge in [0.1, 0.15) is 11.6 Å². The molecule has 31 heavy (non-hydrogen) atoms. The normalized spacial score (nSPS) is 16.1. The number of halogens is 1. The van der Waals surface area contributed by atoms with E-state index in [0.717, 1.165) is 28.5 Å². The van der Waals surface area contributed by atoms with Gasteiger partial charge in [-0.25, -0.2) is 14.1 Å². The van der Waals surface area contributed by atoms with Crippen LogP contribution >= 0.6 is 0 Å². The van der Waals surface area contributed by atoms with Crippen molar-refractivity contribution < 1.29 is 14.2 Å². The first kappa shape index (κ1) is 18.1. The first-order chi connectivity index (χ1) is 15.1. The zero-order valence-corrected chi connectivity index (χ0v) is 16.6. The lowest BCUT2D eigenvalue weighted by Gasteiger charge is -2.28. The molecule has 2 aliphatic heterocycles. The van der Waals surface area contributed by atoms with Crippen molar-refractivity contribution in [3.8, 4) is 5.69 Å². The van der Waals surface area contributed by atoms with Crippen molar-refractivity contribution >= 4 is 17.2 Å². The number of hydrogen-bond acceptors (Lipinski definition) is 6. The Balaban J connectivity index is 1.45. The number of benzene rings is 2. The van der Waals surface area contributed by atoms with Gasteiger partial charge in [-0.1, -0.05) is 18.2 Å². The van der Waals surface area contributed by atoms with Crippen LogP contribution in [0, 0.1) is 12.7 Å². The van der Waals surface area contributed by atoms with E-state index in [1.807, 2.05) is 54.3 Å². The van der Waals surface area contributed by atoms with Gasteiger partial charge in [0.25, 0.3) is 0 Å². The second-order valence-electron chi connectivity index (χ2n) is 7.55. The highest BCUT2D eigenvalue weighted by Gasteiger charge is 2.59. The summed E-state index contributed by atoms with van der Waals surface area (Å²) < 4.78 is 17.0. The van der Waals surface area contributed by atoms with E-state index in [9.17, 15) is 0 Å². The molecule has 0 radical (unpaired) electrons. The van der Waals surface area contributed by atoms with Gasteiger partial charge in [-0.05, 0) is 43.3 Å². The molecule has 1 N–H and O–H groups in total. The number of fused-ring (bicyclic) bond motifs is 2. The maximum atomic E-state index is 15.4. The Morgan fingerprint density at radius 1 is 1.06 bits per heavy atom. The molecular weight excluding hydrogens is 397 g/mol. The van der Waals surface area contributed by atoms with E-state index in [1.54, 1.807) is 29.2 Å². The third-order valence-corrected chi connectivity index (χ3v) is 5.54. The van der Waals surface area contributed by atoms with E-state index in [1.165, 1.54) is 6.07 Å². The van der Waals surface area contributed by atoms with Crippen molar-refractivity contribution in [3.63, 3.8) is 0 Å². The lowest BCUT2D eigenvalue weighted by Crippen LogP contribution is -2.36. The minimum absolute atomic E-state index is 0.294. The number of rotatable bonds is 3. The van der Waals surface area contributed by atoms with E-state index in [4.69, 9.17) is 9.78 Å². The van der Waals surface area contributed by atoms with Crippen molar-refractivity contribution in [3.05, 3.63) is 95.7 Å². The van der Waals surface area contributed by atoms with Crippen molar-refractivity contribution in [2.45, 2.75) is 19.4 Å². The number of nitrogens with one attached hydrogen (secondary N) is 1. The van der Waals surface area contributed by atoms with Gasteiger partial charge in [0.2, 0.25) is 0 Å². The third-order valence-electron chi connectivity index (χ3n) is 5.54. The monoisotopic (exact) mass is 415 g/mol. The largest absolute Gasteiger partial charge is 0.340 e. The van der Waals surface area contributed by atoms with Gasteiger partial charge in [-0.2, -0.15) is 14.9 Å². The van der Waals surface area contributed by atoms with Gasteiger partial charge in [0, 0.05) is 24.0 Å². The van der Waals surface area contributed by atoms with Crippen LogP contribution in [0.15, 0.2) is 73.1 Å². The number of nitrogens with zero attached hydrogens (tertiary/aromatic N) is 4. The quantitative estimate of drug-likeness (QED) is 0.391. The predicted molar refractivity (Wildman–Crippen MR) is 112 cm³/mol. The van der Waals surface area contributed by atoms with Crippen LogP contribution in [-0.4, -0.2) is 14.8 Å². The molecule has 1 fully saturated rings. The summed E-state index contributed by atoms with van der Waals surface area (Å²) in [5, 5.41) is 7.71. The molecule has 6 rings (SSSR count). The minimum Gasteiger partial charge on any atom is -0.338 e. The Kier molecular flexibility index (Phi) is 3.86. The van der Waals surface area contributed by atoms with Crippen LogP contribution in [-0.2, 0) is 22.2 Å². The molecule has 4 heterocycles. The number of aromatic nitrogens is 3. The van der Waals surface area contributed by atoms with Crippen LogP contribution in [0.3, 0.4) is 0 Å². The fourth-order valence-electron chi connectivity index (χ4n) is 3.97. The summed E-state index contributed by atoms with van der Waals surface area (Å²) in [6.45, 7) is 2.31. The topological polar surface area (TPSA) is 71.0 Å². The Morgan fingerprint density at radius 2 is 1.94 bits per heavy atom. The minimum atomic E-state index is -1.36. The summed E-state index contributed by atoms with van der Waals surface area (Å²) in [6, 6.07) is 18.4. The van der Waals surface area contributed by atoms with E-state index in [-0.39, 0.29) is 0 Å². The smallest absolute Gasteiger partial charge is 0.338 e. The van der Waals surface area contributed by atoms with Crippen LogP contribution in [0.2, 0.25) is 0 Å². The fraction of sp³-hybridized carbons (Fsp3) is 0.130. The third kappa shape index (κ3) is 2.88. The number of hydrogen-bond donors (Lipinski definition) is 1. The summed E-state index contributed by atoms with van der Waals surface area (Å²) in [7, 11) is 0. The SMILES string of the molecule is Cc1ccn(-c2ccc(C3(N4Cc5cccnc5Nc5ccccc54)OO3)c(F)c2)n1. The van der Waals surface area contributed by atoms with Crippen molar-refractivity contribution in [1.82, 2.24) is 14.8 Å². The molecule has 8 heteroatoms. The second-order valence-corrected chi connectivity index (χ2v) is 7.55. The molecule has 2 aliphatic rings. The molecular formula is C23H18FN5O2. The highest BCUT2D eigenvalue weighted by molar-refractivity contribution is 5.78. The second kappa shape index (κ2) is 6.63. The van der Waals surface area contributed by atoms with Crippen molar-refractivity contribution in [1.29, 1.82) is 0 Å². The standard InChI is InChI=1S/C23H18FN5O2/c1-15-10-12-29(27-15)17-8-9-18(19(24)13-17)23(30-31-23)28-14-16-5-4-11-25-22(16)26-20-6-2-3-7-21(20)28/h2-13H,14H2,1H3,(H,25,26). The highest BCUT2D eigenvalue weighted by Crippen LogP contribution is 2.51. The lowest BCUT2D eigenvalue weighted by molar-refractivity contribution is 0.0850. The van der Waals surface area contributed by atoms with Gasteiger partial charge in [-0.3, -0.25) is 0 Å². The molecule has 0 unspecified atom stereocenters. The molecule has 2 aromatic heterocycles. The van der Waals surface area contributed by atoms with Gasteiger partial charge in [-0.15, -0.1) is 0 Å². The maximum Gasteiger partial charge on any atom is 0.340 e. The van der Waals surface area contributed by atoms with Crippen LogP contribution < -0.4 is 10.2 Å². The Labute approximate surface area is 177 Å². The molecule has 0 atom stereocenters. The molecule has 0 spiro atoms. The van der Waals surface area contributed by atoms with Gasteiger partial charge in [0.05, 0.1) is 34.9 Å². The first-order valence-corrected chi connectivity index (χ1v) is 9.91. The molecule has 0 saturated carbocycles. The summed E-state index contributed by atoms with van der Waals surface area (Å²) in [4.78, 5) is 17.3. The number of anilines is 3. The molecule has 0 bridgehead atoms. The summed E-state index contributed by atoms with van der Waals surface area (Å²) >= 11 is 0. The van der Waals surface area contributed by atoms with E-state index < -0.39 is 11.7 Å². The van der Waals surface area contributed by atoms with Gasteiger partial charge < -0.3 is 10.2 Å². The zero-order valence-electron chi connectivity index (χ0n) is 16.6. The lowest BCUT2D eigenvalue weighted by atomic mass is 10.1. The number of para-hydroxylation sites is 2. The first-order valence-electron chi connectivity index (χ1n) is 9.91. The van der Waals surface area contributed by atoms with E-state index in [0.29, 0.717) is 17.8 Å². The maximum absolute atomic E-state index is 15.4. The molecule has 4 aromatic rings. The van der Waals surface area contributed by atoms with Gasteiger partial charge in [0.15, 0.2) is 0 Å². The van der Waals surface area contributed by atoms with Crippen molar-refractivity contribution in [2.24, 2.45) is 0 Å². The Bertz CT molecular complexity index is 1300. The zero-order chi connectivity index (χ0) is 21.0. The summed E-state index contributed by atoms with van der Waals surface area (Å²) in [6.07, 6.45) is 3.53. The predicted octanol–water partition coefficient (Wildman–Crippen LogP) is 4.55. The molecule has 0 amide bonds. The van der Waals surface area contributed by atoms with E-state index >= 15 is 4.39 Å².